The molecular formula is C17H25NO3Si. The minimum atomic E-state index is -1.06. The number of rotatable bonds is 7. The first-order valence-electron chi connectivity index (χ1n) is 7.46. The lowest BCUT2D eigenvalue weighted by atomic mass is 10.0. The van der Waals surface area contributed by atoms with Crippen molar-refractivity contribution in [1.29, 1.82) is 0 Å². The Morgan fingerprint density at radius 2 is 2.09 bits per heavy atom. The van der Waals surface area contributed by atoms with Crippen molar-refractivity contribution in [3.8, 4) is 0 Å². The number of ether oxygens (including phenoxy) is 1. The number of allylic oxidation sites excluding steroid dienone is 1. The largest absolute Gasteiger partial charge is 0.467 e. The van der Waals surface area contributed by atoms with E-state index in [9.17, 15) is 9.59 Å². The fourth-order valence-electron chi connectivity index (χ4n) is 2.46. The van der Waals surface area contributed by atoms with Gasteiger partial charge >= 0.3 is 5.97 Å². The lowest BCUT2D eigenvalue weighted by Crippen LogP contribution is -2.43. The summed E-state index contributed by atoms with van der Waals surface area (Å²) in [5.41, 5.74) is 2.34. The molecule has 1 N–H and O–H groups in total. The summed E-state index contributed by atoms with van der Waals surface area (Å²) in [6.07, 6.45) is 3.18. The Morgan fingerprint density at radius 3 is 2.59 bits per heavy atom. The van der Waals surface area contributed by atoms with Gasteiger partial charge in [0.25, 0.3) is 0 Å². The molecule has 0 bridgehead atoms. The average molecular weight is 319 g/mol. The van der Waals surface area contributed by atoms with Crippen molar-refractivity contribution in [3.05, 3.63) is 42.0 Å². The normalized spacial score (nSPS) is 11.9. The molecule has 5 heteroatoms. The van der Waals surface area contributed by atoms with Crippen LogP contribution in [0.3, 0.4) is 0 Å². The highest BCUT2D eigenvalue weighted by molar-refractivity contribution is 6.71. The van der Waals surface area contributed by atoms with Gasteiger partial charge in [0.05, 0.1) is 15.9 Å². The molecule has 1 amide bonds. The van der Waals surface area contributed by atoms with E-state index in [0.29, 0.717) is 6.42 Å². The van der Waals surface area contributed by atoms with Crippen molar-refractivity contribution in [2.24, 2.45) is 0 Å². The zero-order chi connectivity index (χ0) is 16.7. The van der Waals surface area contributed by atoms with Crippen molar-refractivity contribution in [2.75, 3.05) is 7.11 Å². The molecule has 0 aliphatic heterocycles. The van der Waals surface area contributed by atoms with Crippen LogP contribution in [0.25, 0.3) is 0 Å². The van der Waals surface area contributed by atoms with Gasteiger partial charge in [-0.2, -0.15) is 0 Å². The van der Waals surface area contributed by atoms with E-state index in [-0.39, 0.29) is 5.91 Å². The van der Waals surface area contributed by atoms with E-state index in [2.05, 4.69) is 43.2 Å². The quantitative estimate of drug-likeness (QED) is 0.469. The third-order valence-electron chi connectivity index (χ3n) is 3.50. The van der Waals surface area contributed by atoms with Gasteiger partial charge in [-0.25, -0.2) is 4.79 Å². The van der Waals surface area contributed by atoms with Gasteiger partial charge in [-0.15, -0.1) is 6.58 Å². The predicted molar refractivity (Wildman–Crippen MR) is 92.2 cm³/mol. The molecule has 0 aliphatic rings. The summed E-state index contributed by atoms with van der Waals surface area (Å²) in [4.78, 5) is 23.2. The summed E-state index contributed by atoms with van der Waals surface area (Å²) in [6, 6.07) is 5.67. The second-order valence-electron chi connectivity index (χ2n) is 5.66. The molecule has 1 aromatic rings. The summed E-state index contributed by atoms with van der Waals surface area (Å²) < 4.78 is 4.79. The number of esters is 1. The molecule has 1 aromatic carbocycles. The highest BCUT2D eigenvalue weighted by Gasteiger charge is 2.22. The SMILES string of the molecule is C=CCc1ccc(C[C@H](NC(C)=O)C(=O)OC)c([SiH](C)C)c1. The van der Waals surface area contributed by atoms with Crippen LogP contribution in [0, 0.1) is 0 Å². The Bertz CT molecular complexity index is 555. The van der Waals surface area contributed by atoms with Crippen LogP contribution in [-0.2, 0) is 27.2 Å². The van der Waals surface area contributed by atoms with Crippen LogP contribution in [0.2, 0.25) is 13.1 Å². The molecule has 22 heavy (non-hydrogen) atoms. The topological polar surface area (TPSA) is 55.4 Å². The van der Waals surface area contributed by atoms with Gasteiger partial charge in [0.1, 0.15) is 6.04 Å². The predicted octanol–water partition coefficient (Wildman–Crippen LogP) is 1.33. The third-order valence-corrected chi connectivity index (χ3v) is 5.28. The van der Waals surface area contributed by atoms with Crippen LogP contribution in [0.5, 0.6) is 0 Å². The molecule has 0 heterocycles. The van der Waals surface area contributed by atoms with E-state index >= 15 is 0 Å². The molecule has 0 aromatic heterocycles. The van der Waals surface area contributed by atoms with Crippen molar-refractivity contribution in [3.63, 3.8) is 0 Å². The maximum absolute atomic E-state index is 11.9. The van der Waals surface area contributed by atoms with Crippen LogP contribution in [-0.4, -0.2) is 33.8 Å². The monoisotopic (exact) mass is 319 g/mol. The van der Waals surface area contributed by atoms with E-state index in [1.165, 1.54) is 24.8 Å². The number of carbonyl (C=O) groups is 2. The minimum absolute atomic E-state index is 0.234. The van der Waals surface area contributed by atoms with Gasteiger partial charge in [0, 0.05) is 13.3 Å². The molecule has 0 radical (unpaired) electrons. The van der Waals surface area contributed by atoms with Crippen LogP contribution in [0.15, 0.2) is 30.9 Å². The van der Waals surface area contributed by atoms with E-state index in [1.54, 1.807) is 0 Å². The summed E-state index contributed by atoms with van der Waals surface area (Å²) >= 11 is 0. The highest BCUT2D eigenvalue weighted by Crippen LogP contribution is 2.09. The van der Waals surface area contributed by atoms with Gasteiger partial charge in [-0.1, -0.05) is 42.6 Å². The Balaban J connectivity index is 3.09. The molecule has 120 valence electrons. The van der Waals surface area contributed by atoms with Crippen LogP contribution >= 0.6 is 0 Å². The van der Waals surface area contributed by atoms with Gasteiger partial charge in [0.2, 0.25) is 5.91 Å². The molecular weight excluding hydrogens is 294 g/mol. The lowest BCUT2D eigenvalue weighted by Gasteiger charge is -2.19. The molecule has 0 unspecified atom stereocenters. The highest BCUT2D eigenvalue weighted by atomic mass is 28.3. The molecule has 0 spiro atoms. The van der Waals surface area contributed by atoms with Gasteiger partial charge < -0.3 is 10.1 Å². The maximum atomic E-state index is 11.9. The molecule has 0 fully saturated rings. The zero-order valence-corrected chi connectivity index (χ0v) is 15.0. The Labute approximate surface area is 134 Å². The summed E-state index contributed by atoms with van der Waals surface area (Å²) in [7, 11) is 0.281. The molecule has 0 saturated carbocycles. The molecule has 1 rings (SSSR count). The Hall–Kier alpha value is -1.88. The van der Waals surface area contributed by atoms with E-state index in [0.717, 1.165) is 12.0 Å². The first kappa shape index (κ1) is 18.2. The number of hydrogen-bond donors (Lipinski definition) is 1. The Morgan fingerprint density at radius 1 is 1.41 bits per heavy atom. The zero-order valence-electron chi connectivity index (χ0n) is 13.8. The standard InChI is InChI=1S/C17H25NO3Si/c1-6-7-13-8-9-14(16(10-13)22(4)5)11-15(17(20)21-3)18-12(2)19/h6,8-10,15,22H,1,7,11H2,2-5H3,(H,18,19)/t15-/m0/s1. The summed E-state index contributed by atoms with van der Waals surface area (Å²) in [5, 5.41) is 3.99. The Kier molecular flexibility index (Phi) is 7.05. The summed E-state index contributed by atoms with van der Waals surface area (Å²) in [5.74, 6) is -0.649. The van der Waals surface area contributed by atoms with Gasteiger partial charge in [-0.05, 0) is 17.5 Å². The molecule has 0 saturated heterocycles. The van der Waals surface area contributed by atoms with Gasteiger partial charge in [-0.3, -0.25) is 4.79 Å². The molecule has 1 atom stereocenters. The van der Waals surface area contributed by atoms with Crippen LogP contribution in [0.1, 0.15) is 18.1 Å². The lowest BCUT2D eigenvalue weighted by molar-refractivity contribution is -0.144. The maximum Gasteiger partial charge on any atom is 0.328 e. The molecule has 0 aliphatic carbocycles. The van der Waals surface area contributed by atoms with Crippen molar-refractivity contribution >= 4 is 25.9 Å². The smallest absolute Gasteiger partial charge is 0.328 e. The van der Waals surface area contributed by atoms with E-state index in [1.807, 2.05) is 6.08 Å². The summed E-state index contributed by atoms with van der Waals surface area (Å²) in [6.45, 7) is 9.68. The number of methoxy groups -OCH3 is 1. The minimum Gasteiger partial charge on any atom is -0.467 e. The average Bonchev–Trinajstić information content (AvgIpc) is 2.46. The fraction of sp³-hybridized carbons (Fsp3) is 0.412. The first-order valence-corrected chi connectivity index (χ1v) is 10.3. The fourth-order valence-corrected chi connectivity index (χ4v) is 3.97. The van der Waals surface area contributed by atoms with Crippen LogP contribution < -0.4 is 10.5 Å². The molecule has 4 nitrogen and oxygen atoms in total. The van der Waals surface area contributed by atoms with E-state index < -0.39 is 20.8 Å². The number of hydrogen-bond acceptors (Lipinski definition) is 3. The number of carbonyl (C=O) groups excluding carboxylic acids is 2. The second-order valence-corrected chi connectivity index (χ2v) is 8.59. The third kappa shape index (κ3) is 5.15. The number of amides is 1. The second kappa shape index (κ2) is 8.53. The number of benzene rings is 1. The van der Waals surface area contributed by atoms with Crippen molar-refractivity contribution in [2.45, 2.75) is 38.9 Å². The number of nitrogens with one attached hydrogen (secondary N) is 1. The van der Waals surface area contributed by atoms with Gasteiger partial charge in [0.15, 0.2) is 0 Å². The first-order chi connectivity index (χ1) is 10.4. The van der Waals surface area contributed by atoms with Crippen molar-refractivity contribution < 1.29 is 14.3 Å². The van der Waals surface area contributed by atoms with Crippen LogP contribution in [0.4, 0.5) is 0 Å². The van der Waals surface area contributed by atoms with E-state index in [4.69, 9.17) is 4.74 Å². The van der Waals surface area contributed by atoms with Crippen molar-refractivity contribution in [1.82, 2.24) is 5.32 Å².